The van der Waals surface area contributed by atoms with Gasteiger partial charge >= 0.3 is 5.97 Å². The molecule has 3 aromatic rings. The van der Waals surface area contributed by atoms with Crippen molar-refractivity contribution >= 4 is 27.8 Å². The molecule has 0 fully saturated rings. The number of aryl methyl sites for hydroxylation is 1. The van der Waals surface area contributed by atoms with Gasteiger partial charge in [0.15, 0.2) is 0 Å². The van der Waals surface area contributed by atoms with E-state index in [2.05, 4.69) is 59.7 Å². The van der Waals surface area contributed by atoms with Gasteiger partial charge in [0.1, 0.15) is 0 Å². The summed E-state index contributed by atoms with van der Waals surface area (Å²) in [4.78, 5) is 11.3. The molecule has 2 aromatic carbocycles. The lowest BCUT2D eigenvalue weighted by Crippen LogP contribution is -2.05. The molecule has 0 amide bonds. The van der Waals surface area contributed by atoms with Crippen LogP contribution in [0, 0.1) is 0 Å². The van der Waals surface area contributed by atoms with E-state index in [0.717, 1.165) is 19.4 Å². The average molecular weight is 378 g/mol. The molecule has 0 radical (unpaired) electrons. The van der Waals surface area contributed by atoms with Crippen molar-refractivity contribution < 1.29 is 9.53 Å². The number of unbranched alkanes of at least 4 members (excludes halogenated alkanes) is 6. The Balaban J connectivity index is 1.37. The molecule has 1 heterocycles. The van der Waals surface area contributed by atoms with Gasteiger partial charge in [-0.25, -0.2) is 4.79 Å². The first kappa shape index (κ1) is 20.2. The number of benzene rings is 2. The summed E-state index contributed by atoms with van der Waals surface area (Å²) in [6.07, 6.45) is 8.26. The number of ether oxygens (including phenoxy) is 1. The van der Waals surface area contributed by atoms with Gasteiger partial charge in [-0.15, -0.1) is 0 Å². The maximum absolute atomic E-state index is 11.3. The summed E-state index contributed by atoms with van der Waals surface area (Å²) in [6, 6.07) is 17.4. The summed E-state index contributed by atoms with van der Waals surface area (Å²) >= 11 is 0. The van der Waals surface area contributed by atoms with Crippen LogP contribution in [0.2, 0.25) is 0 Å². The third-order valence-electron chi connectivity index (χ3n) is 5.29. The smallest absolute Gasteiger partial charge is 0.333 e. The molecule has 1 aromatic heterocycles. The molecule has 0 aliphatic carbocycles. The number of fused-ring (bicyclic) bond motifs is 3. The van der Waals surface area contributed by atoms with Crippen molar-refractivity contribution in [3.63, 3.8) is 0 Å². The molecule has 0 aliphatic heterocycles. The number of aromatic nitrogens is 1. The molecule has 0 aliphatic rings. The lowest BCUT2D eigenvalue weighted by atomic mass is 10.1. The van der Waals surface area contributed by atoms with E-state index < -0.39 is 0 Å². The highest BCUT2D eigenvalue weighted by atomic mass is 16.5. The largest absolute Gasteiger partial charge is 0.462 e. The maximum atomic E-state index is 11.3. The molecule has 3 rings (SSSR count). The molecule has 148 valence electrons. The highest BCUT2D eigenvalue weighted by Crippen LogP contribution is 2.29. The standard InChI is InChI=1S/C25H31NO2/c1-20(2)25(27)28-19-13-7-5-3-4-6-12-18-26-23-16-10-8-14-21(23)22-15-9-11-17-24(22)26/h8-11,14-17H,1,3-7,12-13,18-19H2,2H3. The Kier molecular flexibility index (Phi) is 7.30. The van der Waals surface area contributed by atoms with Crippen molar-refractivity contribution in [3.05, 3.63) is 60.7 Å². The van der Waals surface area contributed by atoms with Gasteiger partial charge in [-0.05, 0) is 31.9 Å². The Morgan fingerprint density at radius 1 is 0.821 bits per heavy atom. The number of hydrogen-bond acceptors (Lipinski definition) is 2. The highest BCUT2D eigenvalue weighted by Gasteiger charge is 2.08. The number of nitrogens with zero attached hydrogens (tertiary/aromatic N) is 1. The van der Waals surface area contributed by atoms with Crippen molar-refractivity contribution in [1.29, 1.82) is 0 Å². The van der Waals surface area contributed by atoms with Crippen LogP contribution in [0.1, 0.15) is 51.9 Å². The predicted molar refractivity (Wildman–Crippen MR) is 118 cm³/mol. The first-order chi connectivity index (χ1) is 13.7. The molecule has 3 heteroatoms. The minimum Gasteiger partial charge on any atom is -0.462 e. The summed E-state index contributed by atoms with van der Waals surface area (Å²) in [7, 11) is 0. The zero-order valence-corrected chi connectivity index (χ0v) is 17.0. The summed E-state index contributed by atoms with van der Waals surface area (Å²) in [6.45, 7) is 6.86. The third kappa shape index (κ3) is 5.03. The van der Waals surface area contributed by atoms with E-state index in [0.29, 0.717) is 12.2 Å². The van der Waals surface area contributed by atoms with Crippen LogP contribution in [0.15, 0.2) is 60.7 Å². The molecule has 0 N–H and O–H groups in total. The fraction of sp³-hybridized carbons (Fsp3) is 0.400. The molecule has 3 nitrogen and oxygen atoms in total. The van der Waals surface area contributed by atoms with Gasteiger partial charge < -0.3 is 9.30 Å². The van der Waals surface area contributed by atoms with Crippen LogP contribution in [-0.2, 0) is 16.1 Å². The van der Waals surface area contributed by atoms with Crippen LogP contribution >= 0.6 is 0 Å². The van der Waals surface area contributed by atoms with Gasteiger partial charge in [-0.3, -0.25) is 0 Å². The molecule has 28 heavy (non-hydrogen) atoms. The second-order valence-electron chi connectivity index (χ2n) is 7.58. The number of hydrogen-bond donors (Lipinski definition) is 0. The van der Waals surface area contributed by atoms with Crippen molar-refractivity contribution in [2.75, 3.05) is 6.61 Å². The van der Waals surface area contributed by atoms with Crippen molar-refractivity contribution in [1.82, 2.24) is 4.57 Å². The Morgan fingerprint density at radius 2 is 1.32 bits per heavy atom. The van der Waals surface area contributed by atoms with Gasteiger partial charge in [0, 0.05) is 33.9 Å². The van der Waals surface area contributed by atoms with Gasteiger partial charge in [-0.2, -0.15) is 0 Å². The van der Waals surface area contributed by atoms with E-state index in [4.69, 9.17) is 4.74 Å². The van der Waals surface area contributed by atoms with E-state index >= 15 is 0 Å². The Morgan fingerprint density at radius 3 is 1.89 bits per heavy atom. The number of carbonyl (C=O) groups is 1. The zero-order chi connectivity index (χ0) is 19.8. The monoisotopic (exact) mass is 377 g/mol. The van der Waals surface area contributed by atoms with Crippen molar-refractivity contribution in [2.45, 2.75) is 58.4 Å². The van der Waals surface area contributed by atoms with Crippen LogP contribution in [0.25, 0.3) is 21.8 Å². The SMILES string of the molecule is C=C(C)C(=O)OCCCCCCCCCn1c2ccccc2c2ccccc21. The van der Waals surface area contributed by atoms with Crippen LogP contribution in [0.3, 0.4) is 0 Å². The third-order valence-corrected chi connectivity index (χ3v) is 5.29. The topological polar surface area (TPSA) is 31.2 Å². The molecule has 0 spiro atoms. The Hall–Kier alpha value is -2.55. The number of carbonyl (C=O) groups excluding carboxylic acids is 1. The second-order valence-corrected chi connectivity index (χ2v) is 7.58. The minimum atomic E-state index is -0.273. The summed E-state index contributed by atoms with van der Waals surface area (Å²) in [5.74, 6) is -0.273. The van der Waals surface area contributed by atoms with Crippen LogP contribution in [0.5, 0.6) is 0 Å². The molecule has 0 bridgehead atoms. The van der Waals surface area contributed by atoms with E-state index in [1.54, 1.807) is 6.92 Å². The molecular formula is C25H31NO2. The Bertz CT molecular complexity index is 885. The van der Waals surface area contributed by atoms with Gasteiger partial charge in [-0.1, -0.05) is 75.1 Å². The summed E-state index contributed by atoms with van der Waals surface area (Å²) < 4.78 is 7.59. The van der Waals surface area contributed by atoms with Crippen LogP contribution in [-0.4, -0.2) is 17.1 Å². The van der Waals surface area contributed by atoms with E-state index in [1.807, 2.05) is 0 Å². The van der Waals surface area contributed by atoms with Crippen molar-refractivity contribution in [2.24, 2.45) is 0 Å². The minimum absolute atomic E-state index is 0.273. The van der Waals surface area contributed by atoms with Gasteiger partial charge in [0.25, 0.3) is 0 Å². The lowest BCUT2D eigenvalue weighted by molar-refractivity contribution is -0.139. The van der Waals surface area contributed by atoms with Crippen LogP contribution < -0.4 is 0 Å². The number of esters is 1. The zero-order valence-electron chi connectivity index (χ0n) is 17.0. The van der Waals surface area contributed by atoms with E-state index in [-0.39, 0.29) is 5.97 Å². The summed E-state index contributed by atoms with van der Waals surface area (Å²) in [5.41, 5.74) is 3.16. The Labute approximate surface area is 168 Å². The van der Waals surface area contributed by atoms with E-state index in [9.17, 15) is 4.79 Å². The average Bonchev–Trinajstić information content (AvgIpc) is 3.03. The first-order valence-corrected chi connectivity index (χ1v) is 10.5. The quantitative estimate of drug-likeness (QED) is 0.213. The molecule has 0 unspecified atom stereocenters. The molecule has 0 saturated carbocycles. The van der Waals surface area contributed by atoms with Gasteiger partial charge in [0.2, 0.25) is 0 Å². The maximum Gasteiger partial charge on any atom is 0.333 e. The van der Waals surface area contributed by atoms with Gasteiger partial charge in [0.05, 0.1) is 6.61 Å². The molecule has 0 atom stereocenters. The van der Waals surface area contributed by atoms with Crippen LogP contribution in [0.4, 0.5) is 0 Å². The predicted octanol–water partition coefficient (Wildman–Crippen LogP) is 6.64. The van der Waals surface area contributed by atoms with Crippen molar-refractivity contribution in [3.8, 4) is 0 Å². The number of rotatable bonds is 11. The first-order valence-electron chi connectivity index (χ1n) is 10.5. The fourth-order valence-electron chi connectivity index (χ4n) is 3.79. The molecule has 0 saturated heterocycles. The fourth-order valence-corrected chi connectivity index (χ4v) is 3.79. The second kappa shape index (κ2) is 10.1. The van der Waals surface area contributed by atoms with E-state index in [1.165, 1.54) is 53.9 Å². The highest BCUT2D eigenvalue weighted by molar-refractivity contribution is 6.07. The summed E-state index contributed by atoms with van der Waals surface area (Å²) in [5, 5.41) is 2.70. The number of para-hydroxylation sites is 2. The molecular weight excluding hydrogens is 346 g/mol. The normalized spacial score (nSPS) is 11.2. The lowest BCUT2D eigenvalue weighted by Gasteiger charge is -2.08.